The van der Waals surface area contributed by atoms with Crippen LogP contribution in [0.4, 0.5) is 13.2 Å². The topological polar surface area (TPSA) is 26.3 Å². The average molecular weight is 365 g/mol. The largest absolute Gasteiger partial charge is 0.465 e. The number of esters is 1. The summed E-state index contributed by atoms with van der Waals surface area (Å²) in [6, 6.07) is 6.36. The molecule has 1 aromatic heterocycles. The standard InChI is InChI=1S/C13H8BrF3O2S/c1-19-12(18)10-6-9(14)11(20-10)7-2-4-8(5-3-7)13(15,16)17/h2-6H,1H3. The fourth-order valence-electron chi connectivity index (χ4n) is 1.58. The first kappa shape index (κ1) is 15.1. The number of hydrogen-bond acceptors (Lipinski definition) is 3. The second kappa shape index (κ2) is 5.57. The Hall–Kier alpha value is -1.34. The third-order valence-electron chi connectivity index (χ3n) is 2.55. The zero-order valence-electron chi connectivity index (χ0n) is 10.1. The third-order valence-corrected chi connectivity index (χ3v) is 4.60. The van der Waals surface area contributed by atoms with E-state index in [2.05, 4.69) is 20.7 Å². The molecule has 0 saturated heterocycles. The van der Waals surface area contributed by atoms with Crippen LogP contribution in [-0.4, -0.2) is 13.1 Å². The summed E-state index contributed by atoms with van der Waals surface area (Å²) >= 11 is 4.45. The van der Waals surface area contributed by atoms with Gasteiger partial charge in [0.1, 0.15) is 4.88 Å². The Bertz CT molecular complexity index is 632. The summed E-state index contributed by atoms with van der Waals surface area (Å²) in [6.07, 6.45) is -4.36. The lowest BCUT2D eigenvalue weighted by atomic mass is 10.1. The Morgan fingerprint density at radius 1 is 1.25 bits per heavy atom. The van der Waals surface area contributed by atoms with Crippen LogP contribution in [0.2, 0.25) is 0 Å². The molecule has 1 aromatic carbocycles. The summed E-state index contributed by atoms with van der Waals surface area (Å²) in [7, 11) is 1.27. The van der Waals surface area contributed by atoms with Crippen molar-refractivity contribution in [1.29, 1.82) is 0 Å². The summed E-state index contributed by atoms with van der Waals surface area (Å²) < 4.78 is 42.7. The van der Waals surface area contributed by atoms with Crippen LogP contribution in [0.25, 0.3) is 10.4 Å². The van der Waals surface area contributed by atoms with Crippen molar-refractivity contribution in [2.45, 2.75) is 6.18 Å². The molecule has 0 radical (unpaired) electrons. The Labute approximate surface area is 125 Å². The van der Waals surface area contributed by atoms with Gasteiger partial charge in [0.25, 0.3) is 0 Å². The summed E-state index contributed by atoms with van der Waals surface area (Å²) in [5.74, 6) is -0.478. The lowest BCUT2D eigenvalue weighted by Crippen LogP contribution is -2.03. The molecule has 0 aliphatic rings. The molecule has 0 bridgehead atoms. The second-order valence-electron chi connectivity index (χ2n) is 3.85. The van der Waals surface area contributed by atoms with Gasteiger partial charge in [-0.3, -0.25) is 0 Å². The molecule has 2 aromatic rings. The van der Waals surface area contributed by atoms with Gasteiger partial charge in [0.05, 0.1) is 12.7 Å². The monoisotopic (exact) mass is 364 g/mol. The number of ether oxygens (including phenoxy) is 1. The molecular weight excluding hydrogens is 357 g/mol. The quantitative estimate of drug-likeness (QED) is 0.702. The molecule has 0 saturated carbocycles. The van der Waals surface area contributed by atoms with E-state index in [4.69, 9.17) is 0 Å². The molecule has 7 heteroatoms. The van der Waals surface area contributed by atoms with E-state index in [-0.39, 0.29) is 0 Å². The zero-order chi connectivity index (χ0) is 14.9. The number of benzene rings is 1. The highest BCUT2D eigenvalue weighted by Crippen LogP contribution is 2.38. The number of carbonyl (C=O) groups excluding carboxylic acids is 1. The minimum Gasteiger partial charge on any atom is -0.465 e. The van der Waals surface area contributed by atoms with Crippen LogP contribution in [-0.2, 0) is 10.9 Å². The number of thiophene rings is 1. The predicted octanol–water partition coefficient (Wildman–Crippen LogP) is 4.98. The van der Waals surface area contributed by atoms with Gasteiger partial charge in [-0.1, -0.05) is 12.1 Å². The second-order valence-corrected chi connectivity index (χ2v) is 5.76. The van der Waals surface area contributed by atoms with Gasteiger partial charge in [-0.05, 0) is 39.7 Å². The zero-order valence-corrected chi connectivity index (χ0v) is 12.5. The number of methoxy groups -OCH3 is 1. The maximum Gasteiger partial charge on any atom is 0.416 e. The molecule has 0 aliphatic heterocycles. The van der Waals surface area contributed by atoms with Crippen LogP contribution in [0.1, 0.15) is 15.2 Å². The summed E-state index contributed by atoms with van der Waals surface area (Å²) in [5.41, 5.74) is -0.104. The van der Waals surface area contributed by atoms with Gasteiger partial charge in [0, 0.05) is 9.35 Å². The van der Waals surface area contributed by atoms with Crippen molar-refractivity contribution in [2.24, 2.45) is 0 Å². The molecule has 0 fully saturated rings. The van der Waals surface area contributed by atoms with Crippen LogP contribution >= 0.6 is 27.3 Å². The van der Waals surface area contributed by atoms with Gasteiger partial charge in [0.15, 0.2) is 0 Å². The van der Waals surface area contributed by atoms with Crippen molar-refractivity contribution in [1.82, 2.24) is 0 Å². The van der Waals surface area contributed by atoms with Crippen LogP contribution in [0.15, 0.2) is 34.8 Å². The fourth-order valence-corrected chi connectivity index (χ4v) is 3.40. The first-order chi connectivity index (χ1) is 9.32. The molecule has 2 nitrogen and oxygen atoms in total. The van der Waals surface area contributed by atoms with Crippen molar-refractivity contribution < 1.29 is 22.7 Å². The maximum atomic E-state index is 12.5. The molecular formula is C13H8BrF3O2S. The summed E-state index contributed by atoms with van der Waals surface area (Å²) in [4.78, 5) is 12.5. The van der Waals surface area contributed by atoms with Crippen molar-refractivity contribution in [3.8, 4) is 10.4 Å². The molecule has 1 heterocycles. The van der Waals surface area contributed by atoms with E-state index >= 15 is 0 Å². The van der Waals surface area contributed by atoms with Gasteiger partial charge in [-0.25, -0.2) is 4.79 Å². The molecule has 0 amide bonds. The molecule has 2 rings (SSSR count). The number of hydrogen-bond donors (Lipinski definition) is 0. The molecule has 0 aliphatic carbocycles. The van der Waals surface area contributed by atoms with Gasteiger partial charge in [-0.15, -0.1) is 11.3 Å². The van der Waals surface area contributed by atoms with E-state index in [0.29, 0.717) is 19.8 Å². The Morgan fingerprint density at radius 3 is 2.35 bits per heavy atom. The van der Waals surface area contributed by atoms with Crippen LogP contribution in [0.3, 0.4) is 0 Å². The van der Waals surface area contributed by atoms with E-state index in [1.54, 1.807) is 6.07 Å². The third kappa shape index (κ3) is 3.04. The normalized spacial score (nSPS) is 11.4. The highest BCUT2D eigenvalue weighted by Gasteiger charge is 2.30. The predicted molar refractivity (Wildman–Crippen MR) is 73.8 cm³/mol. The number of halogens is 4. The minimum absolute atomic E-state index is 0.384. The first-order valence-electron chi connectivity index (χ1n) is 5.38. The Kier molecular flexibility index (Phi) is 4.19. The van der Waals surface area contributed by atoms with Gasteiger partial charge >= 0.3 is 12.1 Å². The van der Waals surface area contributed by atoms with Crippen molar-refractivity contribution in [3.63, 3.8) is 0 Å². The highest BCUT2D eigenvalue weighted by molar-refractivity contribution is 9.10. The van der Waals surface area contributed by atoms with Crippen molar-refractivity contribution >= 4 is 33.2 Å². The molecule has 20 heavy (non-hydrogen) atoms. The molecule has 0 N–H and O–H groups in total. The smallest absolute Gasteiger partial charge is 0.416 e. The van der Waals surface area contributed by atoms with Gasteiger partial charge in [-0.2, -0.15) is 13.2 Å². The summed E-state index contributed by atoms with van der Waals surface area (Å²) in [5, 5.41) is 0. The van der Waals surface area contributed by atoms with Crippen molar-refractivity contribution in [2.75, 3.05) is 7.11 Å². The Morgan fingerprint density at radius 2 is 1.85 bits per heavy atom. The van der Waals surface area contributed by atoms with Crippen LogP contribution in [0.5, 0.6) is 0 Å². The van der Waals surface area contributed by atoms with E-state index < -0.39 is 17.7 Å². The molecule has 0 spiro atoms. The number of carbonyl (C=O) groups is 1. The van der Waals surface area contributed by atoms with Crippen molar-refractivity contribution in [3.05, 3.63) is 45.2 Å². The highest BCUT2D eigenvalue weighted by atomic mass is 79.9. The SMILES string of the molecule is COC(=O)c1cc(Br)c(-c2ccc(C(F)(F)F)cc2)s1. The van der Waals surface area contributed by atoms with Gasteiger partial charge in [0.2, 0.25) is 0 Å². The van der Waals surface area contributed by atoms with E-state index in [9.17, 15) is 18.0 Å². The molecule has 106 valence electrons. The molecule has 0 atom stereocenters. The average Bonchev–Trinajstić information content (AvgIpc) is 2.79. The van der Waals surface area contributed by atoms with Crippen LogP contribution in [0, 0.1) is 0 Å². The molecule has 0 unspecified atom stereocenters. The first-order valence-corrected chi connectivity index (χ1v) is 6.99. The van der Waals surface area contributed by atoms with E-state index in [0.717, 1.165) is 23.5 Å². The maximum absolute atomic E-state index is 12.5. The fraction of sp³-hybridized carbons (Fsp3) is 0.154. The lowest BCUT2D eigenvalue weighted by molar-refractivity contribution is -0.137. The van der Waals surface area contributed by atoms with Crippen LogP contribution < -0.4 is 0 Å². The lowest BCUT2D eigenvalue weighted by Gasteiger charge is -2.07. The Balaban J connectivity index is 2.37. The summed E-state index contributed by atoms with van der Waals surface area (Å²) in [6.45, 7) is 0. The van der Waals surface area contributed by atoms with E-state index in [1.165, 1.54) is 19.2 Å². The van der Waals surface area contributed by atoms with Gasteiger partial charge < -0.3 is 4.74 Å². The number of alkyl halides is 3. The minimum atomic E-state index is -4.36. The number of rotatable bonds is 2. The van der Waals surface area contributed by atoms with E-state index in [1.807, 2.05) is 0 Å².